The largest absolute Gasteiger partial charge is 0.237 e. The minimum absolute atomic E-state index is 0.757. The Kier molecular flexibility index (Phi) is 4.04. The lowest BCUT2D eigenvalue weighted by Crippen LogP contribution is -1.98. The van der Waals surface area contributed by atoms with Crippen LogP contribution in [0.4, 0.5) is 0 Å². The summed E-state index contributed by atoms with van der Waals surface area (Å²) in [6, 6.07) is 18.1. The van der Waals surface area contributed by atoms with Crippen LogP contribution in [-0.4, -0.2) is 9.78 Å². The molecule has 0 atom stereocenters. The van der Waals surface area contributed by atoms with Crippen molar-refractivity contribution in [2.75, 3.05) is 0 Å². The highest BCUT2D eigenvalue weighted by Crippen LogP contribution is 2.34. The Labute approximate surface area is 133 Å². The molecule has 0 saturated heterocycles. The summed E-state index contributed by atoms with van der Waals surface area (Å²) in [7, 11) is 0. The fraction of sp³-hybridized carbons (Fsp3) is 0.118. The molecule has 0 N–H and O–H groups in total. The maximum Gasteiger partial charge on any atom is 0.0740 e. The van der Waals surface area contributed by atoms with Crippen LogP contribution in [0.2, 0.25) is 5.02 Å². The van der Waals surface area contributed by atoms with Crippen LogP contribution in [0.3, 0.4) is 0 Å². The quantitative estimate of drug-likeness (QED) is 0.653. The first-order chi connectivity index (χ1) is 10.1. The van der Waals surface area contributed by atoms with Gasteiger partial charge in [0.15, 0.2) is 0 Å². The van der Waals surface area contributed by atoms with E-state index in [4.69, 9.17) is 11.6 Å². The van der Waals surface area contributed by atoms with Crippen molar-refractivity contribution in [2.24, 2.45) is 0 Å². The second-order valence-electron chi connectivity index (χ2n) is 4.80. The number of hydrogen-bond donors (Lipinski definition) is 0. The summed E-state index contributed by atoms with van der Waals surface area (Å²) in [6.07, 6.45) is 0. The van der Waals surface area contributed by atoms with Gasteiger partial charge in [0.1, 0.15) is 0 Å². The zero-order chi connectivity index (χ0) is 14.8. The molecule has 0 unspecified atom stereocenters. The van der Waals surface area contributed by atoms with Crippen molar-refractivity contribution in [1.29, 1.82) is 0 Å². The molecule has 21 heavy (non-hydrogen) atoms. The third kappa shape index (κ3) is 2.99. The number of halogens is 1. The Bertz CT molecular complexity index is 748. The first kappa shape index (κ1) is 14.2. The Balaban J connectivity index is 1.97. The second-order valence-corrected chi connectivity index (χ2v) is 6.32. The highest BCUT2D eigenvalue weighted by atomic mass is 35.5. The smallest absolute Gasteiger partial charge is 0.0740 e. The molecule has 0 fully saturated rings. The second kappa shape index (κ2) is 5.96. The lowest BCUT2D eigenvalue weighted by atomic mass is 10.3. The summed E-state index contributed by atoms with van der Waals surface area (Å²) in [5, 5.41) is 5.42. The van der Waals surface area contributed by atoms with Crippen LogP contribution in [0.25, 0.3) is 5.69 Å². The molecular formula is C17H15ClN2S. The fourth-order valence-electron chi connectivity index (χ4n) is 2.22. The summed E-state index contributed by atoms with van der Waals surface area (Å²) >= 11 is 7.66. The van der Waals surface area contributed by atoms with Crippen molar-refractivity contribution in [2.45, 2.75) is 23.6 Å². The van der Waals surface area contributed by atoms with Crippen molar-refractivity contribution < 1.29 is 0 Å². The van der Waals surface area contributed by atoms with E-state index >= 15 is 0 Å². The predicted molar refractivity (Wildman–Crippen MR) is 88.6 cm³/mol. The van der Waals surface area contributed by atoms with Gasteiger partial charge in [0.25, 0.3) is 0 Å². The van der Waals surface area contributed by atoms with Gasteiger partial charge < -0.3 is 0 Å². The van der Waals surface area contributed by atoms with Crippen molar-refractivity contribution in [1.82, 2.24) is 9.78 Å². The van der Waals surface area contributed by atoms with E-state index in [9.17, 15) is 0 Å². The summed E-state index contributed by atoms with van der Waals surface area (Å²) in [5.74, 6) is 0. The van der Waals surface area contributed by atoms with Crippen molar-refractivity contribution in [3.8, 4) is 5.69 Å². The highest BCUT2D eigenvalue weighted by molar-refractivity contribution is 7.99. The van der Waals surface area contributed by atoms with Crippen LogP contribution >= 0.6 is 23.4 Å². The Morgan fingerprint density at radius 2 is 1.62 bits per heavy atom. The molecule has 2 aromatic carbocycles. The molecule has 4 heteroatoms. The topological polar surface area (TPSA) is 17.8 Å². The summed E-state index contributed by atoms with van der Waals surface area (Å²) < 4.78 is 1.99. The molecule has 3 rings (SSSR count). The lowest BCUT2D eigenvalue weighted by molar-refractivity contribution is 0.832. The van der Waals surface area contributed by atoms with E-state index in [2.05, 4.69) is 24.2 Å². The predicted octanol–water partition coefficient (Wildman–Crippen LogP) is 5.29. The summed E-state index contributed by atoms with van der Waals surface area (Å²) in [4.78, 5) is 2.36. The average Bonchev–Trinajstić information content (AvgIpc) is 2.78. The van der Waals surface area contributed by atoms with E-state index in [0.29, 0.717) is 0 Å². The van der Waals surface area contributed by atoms with Crippen molar-refractivity contribution in [3.05, 3.63) is 71.0 Å². The van der Waals surface area contributed by atoms with Gasteiger partial charge in [-0.1, -0.05) is 41.6 Å². The van der Waals surface area contributed by atoms with Crippen LogP contribution in [0.1, 0.15) is 11.4 Å². The van der Waals surface area contributed by atoms with Crippen LogP contribution in [-0.2, 0) is 0 Å². The van der Waals surface area contributed by atoms with Gasteiger partial charge in [0, 0.05) is 9.92 Å². The van der Waals surface area contributed by atoms with Crippen molar-refractivity contribution in [3.63, 3.8) is 0 Å². The van der Waals surface area contributed by atoms with E-state index in [0.717, 1.165) is 22.1 Å². The number of para-hydroxylation sites is 1. The van der Waals surface area contributed by atoms with Gasteiger partial charge in [-0.15, -0.1) is 0 Å². The molecule has 2 nitrogen and oxygen atoms in total. The van der Waals surface area contributed by atoms with Crippen LogP contribution in [0.5, 0.6) is 0 Å². The molecule has 0 aliphatic heterocycles. The van der Waals surface area contributed by atoms with E-state index in [1.54, 1.807) is 11.8 Å². The van der Waals surface area contributed by atoms with E-state index < -0.39 is 0 Å². The third-order valence-electron chi connectivity index (χ3n) is 3.26. The fourth-order valence-corrected chi connectivity index (χ4v) is 3.27. The van der Waals surface area contributed by atoms with E-state index in [1.165, 1.54) is 9.79 Å². The number of aryl methyl sites for hydroxylation is 1. The van der Waals surface area contributed by atoms with Crippen LogP contribution in [0.15, 0.2) is 64.4 Å². The number of rotatable bonds is 3. The number of nitrogens with zero attached hydrogens (tertiary/aromatic N) is 2. The van der Waals surface area contributed by atoms with Gasteiger partial charge in [-0.3, -0.25) is 0 Å². The molecule has 0 aliphatic rings. The standard InChI is InChI=1S/C17H15ClN2S/c1-12-17(21-16-10-8-14(18)9-11-16)13(2)20(19-12)15-6-4-3-5-7-15/h3-11H,1-2H3. The molecule has 0 radical (unpaired) electrons. The molecule has 0 saturated carbocycles. The zero-order valence-corrected chi connectivity index (χ0v) is 13.4. The number of benzene rings is 2. The van der Waals surface area contributed by atoms with Gasteiger partial charge in [-0.2, -0.15) is 5.10 Å². The van der Waals surface area contributed by atoms with Crippen LogP contribution in [0, 0.1) is 13.8 Å². The Hall–Kier alpha value is -1.71. The lowest BCUT2D eigenvalue weighted by Gasteiger charge is -2.05. The molecule has 0 amide bonds. The molecule has 1 aromatic heterocycles. The molecule has 3 aromatic rings. The monoisotopic (exact) mass is 314 g/mol. The van der Waals surface area contributed by atoms with Crippen LogP contribution < -0.4 is 0 Å². The average molecular weight is 315 g/mol. The minimum Gasteiger partial charge on any atom is -0.237 e. The first-order valence-corrected chi connectivity index (χ1v) is 7.89. The zero-order valence-electron chi connectivity index (χ0n) is 11.9. The number of aromatic nitrogens is 2. The van der Waals surface area contributed by atoms with Gasteiger partial charge in [0.2, 0.25) is 0 Å². The molecular weight excluding hydrogens is 300 g/mol. The van der Waals surface area contributed by atoms with Gasteiger partial charge in [0.05, 0.1) is 22.0 Å². The minimum atomic E-state index is 0.757. The van der Waals surface area contributed by atoms with E-state index in [-0.39, 0.29) is 0 Å². The molecule has 0 spiro atoms. The highest BCUT2D eigenvalue weighted by Gasteiger charge is 2.13. The van der Waals surface area contributed by atoms with Gasteiger partial charge in [-0.05, 0) is 50.2 Å². The van der Waals surface area contributed by atoms with E-state index in [1.807, 2.05) is 54.1 Å². The Morgan fingerprint density at radius 3 is 2.29 bits per heavy atom. The third-order valence-corrected chi connectivity index (χ3v) is 4.81. The normalized spacial score (nSPS) is 10.8. The number of hydrogen-bond acceptors (Lipinski definition) is 2. The Morgan fingerprint density at radius 1 is 0.952 bits per heavy atom. The maximum absolute atomic E-state index is 5.94. The summed E-state index contributed by atoms with van der Waals surface area (Å²) in [6.45, 7) is 4.15. The molecule has 0 aliphatic carbocycles. The van der Waals surface area contributed by atoms with Crippen molar-refractivity contribution >= 4 is 23.4 Å². The molecule has 0 bridgehead atoms. The summed E-state index contributed by atoms with van der Waals surface area (Å²) in [5.41, 5.74) is 3.27. The molecule has 1 heterocycles. The van der Waals surface area contributed by atoms with Gasteiger partial charge >= 0.3 is 0 Å². The maximum atomic E-state index is 5.94. The van der Waals surface area contributed by atoms with Gasteiger partial charge in [-0.25, -0.2) is 4.68 Å². The first-order valence-electron chi connectivity index (χ1n) is 6.70. The SMILES string of the molecule is Cc1nn(-c2ccccc2)c(C)c1Sc1ccc(Cl)cc1. The molecule has 106 valence electrons.